The Labute approximate surface area is 146 Å². The Morgan fingerprint density at radius 3 is 2.50 bits per heavy atom. The largest absolute Gasteiger partial charge is 0.389 e. The van der Waals surface area contributed by atoms with E-state index in [1.54, 1.807) is 0 Å². The molecule has 4 heteroatoms. The number of piperazine rings is 1. The lowest BCUT2D eigenvalue weighted by atomic mass is 9.84. The second kappa shape index (κ2) is 7.96. The van der Waals surface area contributed by atoms with E-state index in [4.69, 9.17) is 0 Å². The van der Waals surface area contributed by atoms with Gasteiger partial charge < -0.3 is 10.2 Å². The van der Waals surface area contributed by atoms with E-state index in [0.717, 1.165) is 57.4 Å². The monoisotopic (exact) mass is 332 g/mol. The highest BCUT2D eigenvalue weighted by Crippen LogP contribution is 2.29. The van der Waals surface area contributed by atoms with Gasteiger partial charge >= 0.3 is 0 Å². The maximum atomic E-state index is 10.8. The highest BCUT2D eigenvalue weighted by molar-refractivity contribution is 5.17. The molecule has 3 rings (SSSR count). The summed E-state index contributed by atoms with van der Waals surface area (Å²) in [6.45, 7) is 6.64. The first-order valence-corrected chi connectivity index (χ1v) is 9.48. The normalized spacial score (nSPS) is 27.0. The van der Waals surface area contributed by atoms with Crippen LogP contribution in [-0.2, 0) is 0 Å². The van der Waals surface area contributed by atoms with Crippen molar-refractivity contribution in [1.29, 1.82) is 0 Å². The maximum Gasteiger partial charge on any atom is 0.0917 e. The lowest BCUT2D eigenvalue weighted by molar-refractivity contribution is -0.0462. The molecule has 134 valence electrons. The number of aliphatic hydroxyl groups excluding tert-OH is 1. The van der Waals surface area contributed by atoms with Crippen LogP contribution in [0, 0.1) is 0 Å². The van der Waals surface area contributed by atoms with E-state index < -0.39 is 11.7 Å². The van der Waals surface area contributed by atoms with Crippen molar-refractivity contribution in [1.82, 2.24) is 9.80 Å². The van der Waals surface area contributed by atoms with Crippen LogP contribution in [0.15, 0.2) is 30.3 Å². The van der Waals surface area contributed by atoms with Gasteiger partial charge in [0.25, 0.3) is 0 Å². The van der Waals surface area contributed by atoms with Crippen LogP contribution in [0.5, 0.6) is 0 Å². The number of hydrogen-bond acceptors (Lipinski definition) is 4. The molecule has 1 aromatic rings. The fraction of sp³-hybridized carbons (Fsp3) is 0.700. The predicted molar refractivity (Wildman–Crippen MR) is 96.9 cm³/mol. The summed E-state index contributed by atoms with van der Waals surface area (Å²) in [5.74, 6) is 0. The van der Waals surface area contributed by atoms with Gasteiger partial charge in [-0.2, -0.15) is 0 Å². The second-order valence-electron chi connectivity index (χ2n) is 7.79. The van der Waals surface area contributed by atoms with Gasteiger partial charge in [-0.1, -0.05) is 49.6 Å². The van der Waals surface area contributed by atoms with Crippen LogP contribution in [0.4, 0.5) is 0 Å². The highest BCUT2D eigenvalue weighted by Gasteiger charge is 2.34. The lowest BCUT2D eigenvalue weighted by Gasteiger charge is -2.44. The molecule has 1 saturated heterocycles. The molecule has 0 amide bonds. The average molecular weight is 332 g/mol. The molecule has 1 saturated carbocycles. The summed E-state index contributed by atoms with van der Waals surface area (Å²) >= 11 is 0. The van der Waals surface area contributed by atoms with E-state index >= 15 is 0 Å². The van der Waals surface area contributed by atoms with Gasteiger partial charge in [0.2, 0.25) is 0 Å². The summed E-state index contributed by atoms with van der Waals surface area (Å²) in [6, 6.07) is 10.3. The number of rotatable bonds is 5. The van der Waals surface area contributed by atoms with Gasteiger partial charge in [-0.3, -0.25) is 9.80 Å². The fourth-order valence-corrected chi connectivity index (χ4v) is 4.27. The Kier molecular flexibility index (Phi) is 5.93. The van der Waals surface area contributed by atoms with Crippen molar-refractivity contribution >= 4 is 0 Å². The molecule has 0 aromatic heterocycles. The summed E-state index contributed by atoms with van der Waals surface area (Å²) in [7, 11) is 0. The van der Waals surface area contributed by atoms with Gasteiger partial charge in [0.05, 0.1) is 11.7 Å². The van der Waals surface area contributed by atoms with Crippen LogP contribution in [0.25, 0.3) is 0 Å². The topological polar surface area (TPSA) is 46.9 Å². The first-order chi connectivity index (χ1) is 11.6. The molecule has 2 fully saturated rings. The van der Waals surface area contributed by atoms with Crippen molar-refractivity contribution in [3.8, 4) is 0 Å². The third-order valence-corrected chi connectivity index (χ3v) is 5.74. The number of aliphatic hydroxyl groups is 2. The average Bonchev–Trinajstić information content (AvgIpc) is 2.58. The van der Waals surface area contributed by atoms with Crippen LogP contribution in [0.1, 0.15) is 50.7 Å². The Balaban J connectivity index is 1.50. The van der Waals surface area contributed by atoms with E-state index in [9.17, 15) is 10.2 Å². The Hall–Kier alpha value is -0.940. The minimum absolute atomic E-state index is 0.407. The number of nitrogens with zero attached hydrogens (tertiary/aromatic N) is 2. The SMILES string of the molecule is C[C@H]1CN(CC2(O)CCCCC2)CCN1C[C@H](O)c1ccccc1. The minimum atomic E-state index is -0.469. The van der Waals surface area contributed by atoms with Crippen LogP contribution >= 0.6 is 0 Å². The molecule has 0 bridgehead atoms. The molecule has 1 aliphatic carbocycles. The molecule has 2 atom stereocenters. The first kappa shape index (κ1) is 17.9. The molecule has 2 N–H and O–H groups in total. The molecular formula is C20H32N2O2. The van der Waals surface area contributed by atoms with Crippen LogP contribution in [0.3, 0.4) is 0 Å². The summed E-state index contributed by atoms with van der Waals surface area (Å²) in [4.78, 5) is 4.79. The van der Waals surface area contributed by atoms with Gasteiger partial charge in [0.15, 0.2) is 0 Å². The maximum absolute atomic E-state index is 10.8. The Morgan fingerprint density at radius 2 is 1.83 bits per heavy atom. The van der Waals surface area contributed by atoms with Crippen molar-refractivity contribution in [2.45, 2.75) is 56.8 Å². The molecule has 2 aliphatic rings. The van der Waals surface area contributed by atoms with Crippen molar-refractivity contribution in [2.24, 2.45) is 0 Å². The van der Waals surface area contributed by atoms with Gasteiger partial charge in [-0.25, -0.2) is 0 Å². The fourth-order valence-electron chi connectivity index (χ4n) is 4.27. The predicted octanol–water partition coefficient (Wildman–Crippen LogP) is 2.42. The molecular weight excluding hydrogens is 300 g/mol. The first-order valence-electron chi connectivity index (χ1n) is 9.48. The minimum Gasteiger partial charge on any atom is -0.389 e. The smallest absolute Gasteiger partial charge is 0.0917 e. The zero-order chi connectivity index (χ0) is 17.0. The standard InChI is InChI=1S/C20H32N2O2/c1-17-14-21(16-20(24)10-6-3-7-11-20)12-13-22(17)15-19(23)18-8-4-2-5-9-18/h2,4-5,8-9,17,19,23-24H,3,6-7,10-16H2,1H3/t17-,19-/m0/s1. The summed E-state index contributed by atoms with van der Waals surface area (Å²) in [5.41, 5.74) is 0.521. The van der Waals surface area contributed by atoms with Gasteiger partial charge in [-0.05, 0) is 25.3 Å². The Morgan fingerprint density at radius 1 is 1.12 bits per heavy atom. The third-order valence-electron chi connectivity index (χ3n) is 5.74. The molecule has 0 spiro atoms. The molecule has 4 nitrogen and oxygen atoms in total. The zero-order valence-electron chi connectivity index (χ0n) is 14.9. The molecule has 1 aromatic carbocycles. The van der Waals surface area contributed by atoms with E-state index in [1.807, 2.05) is 30.3 Å². The van der Waals surface area contributed by atoms with Gasteiger partial charge in [0, 0.05) is 38.8 Å². The zero-order valence-corrected chi connectivity index (χ0v) is 14.9. The summed E-state index contributed by atoms with van der Waals surface area (Å²) in [6.07, 6.45) is 5.07. The summed E-state index contributed by atoms with van der Waals surface area (Å²) < 4.78 is 0. The second-order valence-corrected chi connectivity index (χ2v) is 7.79. The van der Waals surface area contributed by atoms with Gasteiger partial charge in [-0.15, -0.1) is 0 Å². The van der Waals surface area contributed by atoms with Crippen molar-refractivity contribution < 1.29 is 10.2 Å². The molecule has 0 unspecified atom stereocenters. The van der Waals surface area contributed by atoms with Crippen molar-refractivity contribution in [3.63, 3.8) is 0 Å². The molecule has 0 radical (unpaired) electrons. The molecule has 1 aliphatic heterocycles. The van der Waals surface area contributed by atoms with E-state index in [-0.39, 0.29) is 0 Å². The lowest BCUT2D eigenvalue weighted by Crippen LogP contribution is -2.56. The number of hydrogen-bond donors (Lipinski definition) is 2. The summed E-state index contributed by atoms with van der Waals surface area (Å²) in [5, 5.41) is 21.2. The quantitative estimate of drug-likeness (QED) is 0.869. The number of benzene rings is 1. The van der Waals surface area contributed by atoms with E-state index in [0.29, 0.717) is 12.6 Å². The van der Waals surface area contributed by atoms with Crippen molar-refractivity contribution in [3.05, 3.63) is 35.9 Å². The molecule has 1 heterocycles. The van der Waals surface area contributed by atoms with Crippen molar-refractivity contribution in [2.75, 3.05) is 32.7 Å². The van der Waals surface area contributed by atoms with Gasteiger partial charge in [0.1, 0.15) is 0 Å². The van der Waals surface area contributed by atoms with Crippen LogP contribution in [-0.4, -0.2) is 64.4 Å². The Bertz CT molecular complexity index is 502. The van der Waals surface area contributed by atoms with Crippen LogP contribution in [0.2, 0.25) is 0 Å². The third kappa shape index (κ3) is 4.57. The van der Waals surface area contributed by atoms with E-state index in [1.165, 1.54) is 6.42 Å². The van der Waals surface area contributed by atoms with E-state index in [2.05, 4.69) is 16.7 Å². The molecule has 24 heavy (non-hydrogen) atoms. The number of β-amino-alcohol motifs (C(OH)–C–C–N with tert-alkyl or cyclic N) is 2. The van der Waals surface area contributed by atoms with Crippen LogP contribution < -0.4 is 0 Å². The highest BCUT2D eigenvalue weighted by atomic mass is 16.3.